The van der Waals surface area contributed by atoms with E-state index in [1.807, 2.05) is 6.92 Å². The topological polar surface area (TPSA) is 70.2 Å². The molecular formula is C18H19Cl2N3O2. The van der Waals surface area contributed by atoms with Crippen LogP contribution in [0.1, 0.15) is 23.7 Å². The number of nitrogens with one attached hydrogen (secondary N) is 3. The van der Waals surface area contributed by atoms with Crippen LogP contribution >= 0.6 is 23.2 Å². The molecule has 7 heteroatoms. The Morgan fingerprint density at radius 1 is 1.00 bits per heavy atom. The van der Waals surface area contributed by atoms with Crippen LogP contribution in [0.3, 0.4) is 0 Å². The first-order valence-corrected chi connectivity index (χ1v) is 8.62. The summed E-state index contributed by atoms with van der Waals surface area (Å²) >= 11 is 11.8. The van der Waals surface area contributed by atoms with Crippen molar-refractivity contribution in [3.63, 3.8) is 0 Å². The Bertz CT molecular complexity index is 766. The zero-order valence-corrected chi connectivity index (χ0v) is 15.2. The summed E-state index contributed by atoms with van der Waals surface area (Å²) in [6.07, 6.45) is 0.864. The second-order valence-corrected chi connectivity index (χ2v) is 6.18. The van der Waals surface area contributed by atoms with Gasteiger partial charge in [-0.3, -0.25) is 9.59 Å². The first-order valence-electron chi connectivity index (χ1n) is 7.86. The third-order valence-electron chi connectivity index (χ3n) is 3.32. The van der Waals surface area contributed by atoms with E-state index in [1.54, 1.807) is 42.5 Å². The van der Waals surface area contributed by atoms with Crippen LogP contribution in [0.5, 0.6) is 0 Å². The van der Waals surface area contributed by atoms with Crippen molar-refractivity contribution in [3.05, 3.63) is 58.1 Å². The average molecular weight is 380 g/mol. The molecule has 0 spiro atoms. The molecule has 0 unspecified atom stereocenters. The third kappa shape index (κ3) is 5.96. The van der Waals surface area contributed by atoms with Crippen molar-refractivity contribution in [2.45, 2.75) is 13.3 Å². The fraction of sp³-hybridized carbons (Fsp3) is 0.222. The van der Waals surface area contributed by atoms with Gasteiger partial charge >= 0.3 is 0 Å². The summed E-state index contributed by atoms with van der Waals surface area (Å²) in [6.45, 7) is 2.66. The van der Waals surface area contributed by atoms with E-state index in [-0.39, 0.29) is 18.4 Å². The molecule has 0 heterocycles. The molecule has 0 aliphatic carbocycles. The Morgan fingerprint density at radius 3 is 2.52 bits per heavy atom. The highest BCUT2D eigenvalue weighted by atomic mass is 35.5. The van der Waals surface area contributed by atoms with Crippen molar-refractivity contribution in [1.29, 1.82) is 0 Å². The summed E-state index contributed by atoms with van der Waals surface area (Å²) in [5, 5.41) is 9.38. The van der Waals surface area contributed by atoms with Crippen LogP contribution in [0.15, 0.2) is 42.5 Å². The first kappa shape index (κ1) is 19.1. The van der Waals surface area contributed by atoms with E-state index in [4.69, 9.17) is 23.2 Å². The molecule has 3 N–H and O–H groups in total. The number of hydrogen-bond acceptors (Lipinski definition) is 3. The van der Waals surface area contributed by atoms with Crippen LogP contribution in [0.25, 0.3) is 0 Å². The molecule has 0 atom stereocenters. The van der Waals surface area contributed by atoms with Gasteiger partial charge < -0.3 is 16.0 Å². The molecule has 2 rings (SSSR count). The predicted molar refractivity (Wildman–Crippen MR) is 103 cm³/mol. The molecule has 2 aromatic rings. The van der Waals surface area contributed by atoms with Crippen LogP contribution in [0.4, 0.5) is 11.4 Å². The summed E-state index contributed by atoms with van der Waals surface area (Å²) in [7, 11) is 0. The Labute approximate surface area is 156 Å². The normalized spacial score (nSPS) is 10.2. The Morgan fingerprint density at radius 2 is 1.80 bits per heavy atom. The number of hydrogen-bond donors (Lipinski definition) is 3. The van der Waals surface area contributed by atoms with Crippen molar-refractivity contribution >= 4 is 46.4 Å². The predicted octanol–water partition coefficient (Wildman–Crippen LogP) is 4.18. The summed E-state index contributed by atoms with van der Waals surface area (Å²) in [4.78, 5) is 24.0. The highest BCUT2D eigenvalue weighted by Gasteiger charge is 2.08. The van der Waals surface area contributed by atoms with Gasteiger partial charge in [0.15, 0.2) is 0 Å². The van der Waals surface area contributed by atoms with E-state index in [0.29, 0.717) is 33.5 Å². The van der Waals surface area contributed by atoms with E-state index < -0.39 is 0 Å². The number of rotatable bonds is 7. The Hall–Kier alpha value is -2.24. The molecule has 0 aliphatic rings. The fourth-order valence-electron chi connectivity index (χ4n) is 2.07. The molecule has 132 valence electrons. The quantitative estimate of drug-likeness (QED) is 0.675. The largest absolute Gasteiger partial charge is 0.376 e. The zero-order chi connectivity index (χ0) is 18.2. The molecule has 5 nitrogen and oxygen atoms in total. The second-order valence-electron chi connectivity index (χ2n) is 5.37. The smallest absolute Gasteiger partial charge is 0.251 e. The van der Waals surface area contributed by atoms with E-state index in [1.165, 1.54) is 0 Å². The van der Waals surface area contributed by atoms with Crippen molar-refractivity contribution < 1.29 is 9.59 Å². The lowest BCUT2D eigenvalue weighted by Crippen LogP contribution is -2.24. The number of benzene rings is 2. The molecule has 0 radical (unpaired) electrons. The number of anilines is 2. The van der Waals surface area contributed by atoms with Gasteiger partial charge in [0.2, 0.25) is 5.91 Å². The van der Waals surface area contributed by atoms with Crippen molar-refractivity contribution in [1.82, 2.24) is 5.32 Å². The second kappa shape index (κ2) is 9.30. The molecule has 25 heavy (non-hydrogen) atoms. The van der Waals surface area contributed by atoms with Gasteiger partial charge in [-0.2, -0.15) is 0 Å². The van der Waals surface area contributed by atoms with Crippen LogP contribution in [-0.2, 0) is 4.79 Å². The average Bonchev–Trinajstić information content (AvgIpc) is 2.61. The minimum Gasteiger partial charge on any atom is -0.376 e. The van der Waals surface area contributed by atoms with Crippen LogP contribution < -0.4 is 16.0 Å². The van der Waals surface area contributed by atoms with Crippen LogP contribution in [0.2, 0.25) is 10.0 Å². The van der Waals surface area contributed by atoms with Crippen molar-refractivity contribution in [3.8, 4) is 0 Å². The highest BCUT2D eigenvalue weighted by Crippen LogP contribution is 2.24. The van der Waals surface area contributed by atoms with Crippen molar-refractivity contribution in [2.24, 2.45) is 0 Å². The number of carbonyl (C=O) groups is 2. The minimum atomic E-state index is -0.239. The van der Waals surface area contributed by atoms with Gasteiger partial charge in [-0.25, -0.2) is 0 Å². The zero-order valence-electron chi connectivity index (χ0n) is 13.7. The lowest BCUT2D eigenvalue weighted by Gasteiger charge is -2.10. The van der Waals surface area contributed by atoms with Gasteiger partial charge in [0.1, 0.15) is 0 Å². The van der Waals surface area contributed by atoms with Gasteiger partial charge in [0.05, 0.1) is 16.6 Å². The van der Waals surface area contributed by atoms with Gasteiger partial charge in [0.25, 0.3) is 5.91 Å². The number of carbonyl (C=O) groups excluding carboxylic acids is 2. The fourth-order valence-corrected chi connectivity index (χ4v) is 2.37. The van der Waals surface area contributed by atoms with E-state index in [0.717, 1.165) is 6.42 Å². The highest BCUT2D eigenvalue weighted by molar-refractivity contribution is 6.42. The molecule has 2 aromatic carbocycles. The molecule has 0 aliphatic heterocycles. The molecule has 0 fully saturated rings. The third-order valence-corrected chi connectivity index (χ3v) is 4.06. The number of amides is 2. The first-order chi connectivity index (χ1) is 12.0. The Balaban J connectivity index is 1.91. The van der Waals surface area contributed by atoms with Gasteiger partial charge in [-0.1, -0.05) is 36.2 Å². The summed E-state index contributed by atoms with van der Waals surface area (Å²) in [5.74, 6) is -0.399. The molecule has 2 amide bonds. The maximum atomic E-state index is 12.1. The Kier molecular flexibility index (Phi) is 7.10. The molecule has 0 saturated carbocycles. The van der Waals surface area contributed by atoms with Gasteiger partial charge in [0, 0.05) is 23.5 Å². The van der Waals surface area contributed by atoms with Gasteiger partial charge in [-0.05, 0) is 42.8 Å². The van der Waals surface area contributed by atoms with Crippen LogP contribution in [0, 0.1) is 0 Å². The summed E-state index contributed by atoms with van der Waals surface area (Å²) in [5.41, 5.74) is 1.76. The van der Waals surface area contributed by atoms with E-state index in [2.05, 4.69) is 16.0 Å². The molecular weight excluding hydrogens is 361 g/mol. The number of halogens is 2. The summed E-state index contributed by atoms with van der Waals surface area (Å²) < 4.78 is 0. The maximum Gasteiger partial charge on any atom is 0.251 e. The van der Waals surface area contributed by atoms with E-state index in [9.17, 15) is 9.59 Å². The molecule has 0 saturated heterocycles. The maximum absolute atomic E-state index is 12.1. The SMILES string of the molecule is CCCNC(=O)c1cccc(NC(=O)CNc2ccc(Cl)c(Cl)c2)c1. The molecule has 0 bridgehead atoms. The van der Waals surface area contributed by atoms with Crippen LogP contribution in [-0.4, -0.2) is 24.9 Å². The monoisotopic (exact) mass is 379 g/mol. The molecule has 0 aromatic heterocycles. The summed E-state index contributed by atoms with van der Waals surface area (Å²) in [6, 6.07) is 11.8. The van der Waals surface area contributed by atoms with E-state index >= 15 is 0 Å². The minimum absolute atomic E-state index is 0.0597. The standard InChI is InChI=1S/C18H19Cl2N3O2/c1-2-8-21-18(25)12-4-3-5-14(9-12)23-17(24)11-22-13-6-7-15(19)16(20)10-13/h3-7,9-10,22H,2,8,11H2,1H3,(H,21,25)(H,23,24). The lowest BCUT2D eigenvalue weighted by molar-refractivity contribution is -0.114. The van der Waals surface area contributed by atoms with Gasteiger partial charge in [-0.15, -0.1) is 0 Å². The van der Waals surface area contributed by atoms with Crippen molar-refractivity contribution in [2.75, 3.05) is 23.7 Å². The lowest BCUT2D eigenvalue weighted by atomic mass is 10.2.